The minimum Gasteiger partial charge on any atom is -0.493 e. The molecular formula is C15H26N2OS. The minimum absolute atomic E-state index is 0.136. The molecule has 0 aliphatic heterocycles. The van der Waals surface area contributed by atoms with Gasteiger partial charge in [-0.3, -0.25) is 11.3 Å². The fourth-order valence-corrected chi connectivity index (χ4v) is 2.88. The van der Waals surface area contributed by atoms with Crippen LogP contribution in [0.5, 0.6) is 5.75 Å². The fourth-order valence-electron chi connectivity index (χ4n) is 1.76. The van der Waals surface area contributed by atoms with Crippen LogP contribution in [-0.4, -0.2) is 18.1 Å². The van der Waals surface area contributed by atoms with Crippen molar-refractivity contribution in [2.45, 2.75) is 33.2 Å². The summed E-state index contributed by atoms with van der Waals surface area (Å²) in [5, 5.41) is 0. The Kier molecular flexibility index (Phi) is 7.94. The molecule has 1 aromatic carbocycles. The molecule has 0 bridgehead atoms. The summed E-state index contributed by atoms with van der Waals surface area (Å²) in [6.45, 7) is 7.32. The predicted octanol–water partition coefficient (Wildman–Crippen LogP) is 3.37. The molecule has 0 spiro atoms. The quantitative estimate of drug-likeness (QED) is 0.538. The third-order valence-corrected chi connectivity index (χ3v) is 4.16. The van der Waals surface area contributed by atoms with Gasteiger partial charge in [0, 0.05) is 11.3 Å². The Bertz CT molecular complexity index is 358. The maximum Gasteiger partial charge on any atom is 0.124 e. The maximum atomic E-state index is 5.79. The van der Waals surface area contributed by atoms with Crippen LogP contribution in [0.25, 0.3) is 0 Å². The first-order valence-electron chi connectivity index (χ1n) is 6.94. The predicted molar refractivity (Wildman–Crippen MR) is 84.5 cm³/mol. The molecular weight excluding hydrogens is 256 g/mol. The molecule has 108 valence electrons. The van der Waals surface area contributed by atoms with Gasteiger partial charge in [0.1, 0.15) is 5.75 Å². The third kappa shape index (κ3) is 5.85. The molecule has 1 unspecified atom stereocenters. The van der Waals surface area contributed by atoms with Crippen LogP contribution < -0.4 is 16.0 Å². The van der Waals surface area contributed by atoms with E-state index in [-0.39, 0.29) is 6.04 Å². The average molecular weight is 282 g/mol. The number of thioether (sulfide) groups is 1. The second-order valence-electron chi connectivity index (χ2n) is 5.04. The van der Waals surface area contributed by atoms with Crippen molar-refractivity contribution >= 4 is 11.8 Å². The van der Waals surface area contributed by atoms with E-state index >= 15 is 0 Å². The van der Waals surface area contributed by atoms with Gasteiger partial charge in [0.15, 0.2) is 0 Å². The van der Waals surface area contributed by atoms with Crippen molar-refractivity contribution in [2.24, 2.45) is 11.8 Å². The number of ether oxygens (including phenoxy) is 1. The largest absolute Gasteiger partial charge is 0.493 e. The molecule has 0 fully saturated rings. The molecule has 1 atom stereocenters. The van der Waals surface area contributed by atoms with Crippen molar-refractivity contribution in [3.05, 3.63) is 29.8 Å². The number of benzene rings is 1. The monoisotopic (exact) mass is 282 g/mol. The number of hydrazine groups is 1. The van der Waals surface area contributed by atoms with Gasteiger partial charge < -0.3 is 4.74 Å². The number of hydrogen-bond acceptors (Lipinski definition) is 4. The summed E-state index contributed by atoms with van der Waals surface area (Å²) < 4.78 is 5.79. The zero-order valence-corrected chi connectivity index (χ0v) is 13.0. The molecule has 0 saturated carbocycles. The van der Waals surface area contributed by atoms with Crippen LogP contribution in [0.15, 0.2) is 24.3 Å². The van der Waals surface area contributed by atoms with Crippen LogP contribution in [0.1, 0.15) is 38.8 Å². The van der Waals surface area contributed by atoms with Crippen molar-refractivity contribution in [3.63, 3.8) is 0 Å². The lowest BCUT2D eigenvalue weighted by atomic mass is 10.1. The molecule has 0 amide bonds. The Morgan fingerprint density at radius 1 is 1.26 bits per heavy atom. The second kappa shape index (κ2) is 9.23. The van der Waals surface area contributed by atoms with E-state index in [1.54, 1.807) is 0 Å². The van der Waals surface area contributed by atoms with Crippen molar-refractivity contribution in [3.8, 4) is 5.75 Å². The van der Waals surface area contributed by atoms with Gasteiger partial charge in [-0.1, -0.05) is 39.0 Å². The molecule has 0 radical (unpaired) electrons. The van der Waals surface area contributed by atoms with Crippen LogP contribution in [-0.2, 0) is 0 Å². The molecule has 1 rings (SSSR count). The second-order valence-corrected chi connectivity index (χ2v) is 6.11. The molecule has 19 heavy (non-hydrogen) atoms. The molecule has 0 aliphatic carbocycles. The van der Waals surface area contributed by atoms with E-state index in [1.807, 2.05) is 30.0 Å². The molecule has 0 saturated heterocycles. The van der Waals surface area contributed by atoms with Gasteiger partial charge in [-0.2, -0.15) is 11.8 Å². The van der Waals surface area contributed by atoms with E-state index in [2.05, 4.69) is 32.3 Å². The van der Waals surface area contributed by atoms with Crippen LogP contribution in [0.4, 0.5) is 0 Å². The minimum atomic E-state index is 0.136. The highest BCUT2D eigenvalue weighted by Crippen LogP contribution is 2.27. The number of nitrogens with two attached hydrogens (primary N) is 1. The number of nitrogens with one attached hydrogen (secondary N) is 1. The van der Waals surface area contributed by atoms with Crippen LogP contribution in [0, 0.1) is 5.92 Å². The van der Waals surface area contributed by atoms with Crippen LogP contribution in [0.3, 0.4) is 0 Å². The highest BCUT2D eigenvalue weighted by atomic mass is 32.2. The molecule has 3 N–H and O–H groups in total. The van der Waals surface area contributed by atoms with Gasteiger partial charge in [0.2, 0.25) is 0 Å². The summed E-state index contributed by atoms with van der Waals surface area (Å²) in [7, 11) is 0. The summed E-state index contributed by atoms with van der Waals surface area (Å²) in [5.74, 6) is 9.45. The summed E-state index contributed by atoms with van der Waals surface area (Å²) in [5.41, 5.74) is 4.06. The summed E-state index contributed by atoms with van der Waals surface area (Å²) in [4.78, 5) is 0. The van der Waals surface area contributed by atoms with Crippen molar-refractivity contribution in [1.29, 1.82) is 0 Å². The van der Waals surface area contributed by atoms with E-state index < -0.39 is 0 Å². The number of hydrogen-bond donors (Lipinski definition) is 2. The zero-order valence-electron chi connectivity index (χ0n) is 12.2. The Morgan fingerprint density at radius 3 is 2.63 bits per heavy atom. The lowest BCUT2D eigenvalue weighted by Gasteiger charge is -2.20. The summed E-state index contributed by atoms with van der Waals surface area (Å²) in [6.07, 6.45) is 1.01. The lowest BCUT2D eigenvalue weighted by molar-refractivity contribution is 0.311. The van der Waals surface area contributed by atoms with Gasteiger partial charge in [-0.05, 0) is 24.2 Å². The van der Waals surface area contributed by atoms with Crippen molar-refractivity contribution in [1.82, 2.24) is 5.43 Å². The first-order chi connectivity index (χ1) is 9.19. The van der Waals surface area contributed by atoms with Crippen molar-refractivity contribution in [2.75, 3.05) is 18.1 Å². The van der Waals surface area contributed by atoms with Crippen LogP contribution >= 0.6 is 11.8 Å². The molecule has 1 aromatic rings. The van der Waals surface area contributed by atoms with E-state index in [1.165, 1.54) is 0 Å². The van der Waals surface area contributed by atoms with Crippen LogP contribution in [0.2, 0.25) is 0 Å². The SMILES string of the molecule is CCCOc1ccccc1C(CSCC(C)C)NN. The molecule has 4 heteroatoms. The maximum absolute atomic E-state index is 5.79. The van der Waals surface area contributed by atoms with Gasteiger partial charge in [-0.25, -0.2) is 0 Å². The summed E-state index contributed by atoms with van der Waals surface area (Å²) >= 11 is 1.92. The number of rotatable bonds is 9. The Morgan fingerprint density at radius 2 is 2.00 bits per heavy atom. The van der Waals surface area contributed by atoms with Gasteiger partial charge in [-0.15, -0.1) is 0 Å². The third-order valence-electron chi connectivity index (χ3n) is 2.69. The normalized spacial score (nSPS) is 12.7. The van der Waals surface area contributed by atoms with Gasteiger partial charge in [0.25, 0.3) is 0 Å². The Balaban J connectivity index is 2.68. The van der Waals surface area contributed by atoms with Crippen molar-refractivity contribution < 1.29 is 4.74 Å². The molecule has 0 heterocycles. The van der Waals surface area contributed by atoms with E-state index in [9.17, 15) is 0 Å². The number of para-hydroxylation sites is 1. The highest BCUT2D eigenvalue weighted by Gasteiger charge is 2.14. The average Bonchev–Trinajstić information content (AvgIpc) is 2.41. The first-order valence-corrected chi connectivity index (χ1v) is 8.10. The Hall–Kier alpha value is -0.710. The standard InChI is InChI=1S/C15H26N2OS/c1-4-9-18-15-8-6-5-7-13(15)14(17-16)11-19-10-12(2)3/h5-8,12,14,17H,4,9-11,16H2,1-3H3. The zero-order chi connectivity index (χ0) is 14.1. The lowest BCUT2D eigenvalue weighted by Crippen LogP contribution is -2.30. The van der Waals surface area contributed by atoms with Gasteiger partial charge in [0.05, 0.1) is 12.6 Å². The fraction of sp³-hybridized carbons (Fsp3) is 0.600. The Labute approximate surface area is 121 Å². The summed E-state index contributed by atoms with van der Waals surface area (Å²) in [6, 6.07) is 8.28. The molecule has 0 aliphatic rings. The molecule has 0 aromatic heterocycles. The van der Waals surface area contributed by atoms with Gasteiger partial charge >= 0.3 is 0 Å². The van der Waals surface area contributed by atoms with E-state index in [0.29, 0.717) is 5.92 Å². The van der Waals surface area contributed by atoms with E-state index in [0.717, 1.165) is 35.8 Å². The highest BCUT2D eigenvalue weighted by molar-refractivity contribution is 7.99. The first kappa shape index (κ1) is 16.3. The topological polar surface area (TPSA) is 47.3 Å². The molecule has 3 nitrogen and oxygen atoms in total. The smallest absolute Gasteiger partial charge is 0.124 e. The van der Waals surface area contributed by atoms with E-state index in [4.69, 9.17) is 10.6 Å².